The molecule has 0 bridgehead atoms. The highest BCUT2D eigenvalue weighted by atomic mass is 35.5. The number of carbonyl (C=O) groups excluding carboxylic acids is 1. The molecule has 0 unspecified atom stereocenters. The Morgan fingerprint density at radius 1 is 1.09 bits per heavy atom. The number of aromatic hydroxyl groups is 1. The number of benzene rings is 3. The number of ether oxygens (including phenoxy) is 1. The molecule has 2 N–H and O–H groups in total. The minimum absolute atomic E-state index is 0.0909. The van der Waals surface area contributed by atoms with Gasteiger partial charge in [0.1, 0.15) is 18.1 Å². The Labute approximate surface area is 197 Å². The zero-order valence-electron chi connectivity index (χ0n) is 18.0. The van der Waals surface area contributed by atoms with Crippen LogP contribution in [0.3, 0.4) is 0 Å². The molecule has 0 aromatic heterocycles. The van der Waals surface area contributed by atoms with Crippen LogP contribution in [-0.4, -0.2) is 17.2 Å². The first kappa shape index (κ1) is 23.6. The molecule has 3 rings (SSSR count). The molecular weight excluding hydrogens is 447 g/mol. The second-order valence-corrected chi connectivity index (χ2v) is 8.50. The lowest BCUT2D eigenvalue weighted by molar-refractivity contribution is 0.0955. The lowest BCUT2D eigenvalue weighted by Crippen LogP contribution is -2.17. The van der Waals surface area contributed by atoms with Gasteiger partial charge >= 0.3 is 0 Å². The number of amides is 1. The van der Waals surface area contributed by atoms with Crippen molar-refractivity contribution in [1.82, 2.24) is 5.43 Å². The van der Waals surface area contributed by atoms with E-state index in [2.05, 4.69) is 48.6 Å². The highest BCUT2D eigenvalue weighted by Crippen LogP contribution is 2.29. The standard InChI is InChI=1S/C25H24Cl2N2O3/c1-15(2)18-6-4-17(5-7-18)14-32-24-10-16(3)20(12-22(24)27)13-28-29-25(31)19-8-9-23(30)21(26)11-19/h4-13,15,30H,14H2,1-3H3,(H,29,31)/b28-13-. The van der Waals surface area contributed by atoms with Gasteiger partial charge in [-0.1, -0.05) is 61.3 Å². The van der Waals surface area contributed by atoms with Crippen LogP contribution in [0.4, 0.5) is 0 Å². The maximum Gasteiger partial charge on any atom is 0.271 e. The summed E-state index contributed by atoms with van der Waals surface area (Å²) in [6.07, 6.45) is 1.51. The van der Waals surface area contributed by atoms with E-state index in [1.165, 1.54) is 30.0 Å². The molecule has 32 heavy (non-hydrogen) atoms. The Balaban J connectivity index is 1.63. The molecule has 0 heterocycles. The van der Waals surface area contributed by atoms with Gasteiger partial charge in [-0.3, -0.25) is 4.79 Å². The normalized spacial score (nSPS) is 11.2. The van der Waals surface area contributed by atoms with Crippen LogP contribution in [0.5, 0.6) is 11.5 Å². The number of hydrogen-bond donors (Lipinski definition) is 2. The summed E-state index contributed by atoms with van der Waals surface area (Å²) < 4.78 is 5.90. The van der Waals surface area contributed by atoms with Gasteiger partial charge in [0.05, 0.1) is 16.3 Å². The molecule has 0 spiro atoms. The van der Waals surface area contributed by atoms with Crippen LogP contribution in [0.15, 0.2) is 59.7 Å². The molecule has 3 aromatic rings. The van der Waals surface area contributed by atoms with Gasteiger partial charge in [0.15, 0.2) is 0 Å². The third-order valence-electron chi connectivity index (χ3n) is 4.94. The number of phenols is 1. The number of halogens is 2. The Kier molecular flexibility index (Phi) is 7.78. The predicted octanol–water partition coefficient (Wildman–Crippen LogP) is 6.47. The van der Waals surface area contributed by atoms with Gasteiger partial charge in [-0.15, -0.1) is 0 Å². The second-order valence-electron chi connectivity index (χ2n) is 7.69. The van der Waals surface area contributed by atoms with E-state index in [4.69, 9.17) is 27.9 Å². The van der Waals surface area contributed by atoms with Crippen molar-refractivity contribution in [2.45, 2.75) is 33.3 Å². The summed E-state index contributed by atoms with van der Waals surface area (Å²) in [7, 11) is 0. The molecule has 1 amide bonds. The predicted molar refractivity (Wildman–Crippen MR) is 129 cm³/mol. The summed E-state index contributed by atoms with van der Waals surface area (Å²) in [5, 5.41) is 14.0. The summed E-state index contributed by atoms with van der Waals surface area (Å²) in [6.45, 7) is 6.64. The number of hydrogen-bond acceptors (Lipinski definition) is 4. The molecule has 0 aliphatic rings. The SMILES string of the molecule is Cc1cc(OCc2ccc(C(C)C)cc2)c(Cl)cc1/C=N\NC(=O)c1ccc(O)c(Cl)c1. The lowest BCUT2D eigenvalue weighted by Gasteiger charge is -2.12. The smallest absolute Gasteiger partial charge is 0.271 e. The zero-order valence-corrected chi connectivity index (χ0v) is 19.5. The van der Waals surface area contributed by atoms with Crippen LogP contribution >= 0.6 is 23.2 Å². The van der Waals surface area contributed by atoms with Crippen LogP contribution in [0.2, 0.25) is 10.0 Å². The summed E-state index contributed by atoms with van der Waals surface area (Å²) in [4.78, 5) is 12.2. The van der Waals surface area contributed by atoms with Crippen molar-refractivity contribution in [1.29, 1.82) is 0 Å². The van der Waals surface area contributed by atoms with Gasteiger partial charge < -0.3 is 9.84 Å². The zero-order chi connectivity index (χ0) is 23.3. The monoisotopic (exact) mass is 470 g/mol. The number of nitrogens with zero attached hydrogens (tertiary/aromatic N) is 1. The fourth-order valence-corrected chi connectivity index (χ4v) is 3.36. The van der Waals surface area contributed by atoms with Gasteiger partial charge in [0.2, 0.25) is 0 Å². The summed E-state index contributed by atoms with van der Waals surface area (Å²) >= 11 is 12.2. The average Bonchev–Trinajstić information content (AvgIpc) is 2.77. The van der Waals surface area contributed by atoms with E-state index in [0.717, 1.165) is 16.7 Å². The second kappa shape index (κ2) is 10.5. The van der Waals surface area contributed by atoms with Crippen molar-refractivity contribution >= 4 is 35.3 Å². The molecule has 166 valence electrons. The van der Waals surface area contributed by atoms with E-state index in [9.17, 15) is 9.90 Å². The Hall–Kier alpha value is -3.02. The number of carbonyl (C=O) groups is 1. The van der Waals surface area contributed by atoms with Crippen LogP contribution in [0.25, 0.3) is 0 Å². The Morgan fingerprint density at radius 2 is 1.81 bits per heavy atom. The first-order valence-corrected chi connectivity index (χ1v) is 10.8. The summed E-state index contributed by atoms with van der Waals surface area (Å²) in [6, 6.07) is 16.1. The number of phenolic OH excluding ortho intramolecular Hbond substituents is 1. The van der Waals surface area contributed by atoms with E-state index in [1.54, 1.807) is 6.07 Å². The van der Waals surface area contributed by atoms with Gasteiger partial charge in [0.25, 0.3) is 5.91 Å². The molecule has 0 atom stereocenters. The van der Waals surface area contributed by atoms with Crippen molar-refractivity contribution in [3.05, 3.63) is 92.5 Å². The molecular formula is C25H24Cl2N2O3. The van der Waals surface area contributed by atoms with Crippen LogP contribution < -0.4 is 10.2 Å². The van der Waals surface area contributed by atoms with E-state index in [0.29, 0.717) is 23.3 Å². The number of rotatable bonds is 7. The van der Waals surface area contributed by atoms with Crippen LogP contribution in [-0.2, 0) is 6.61 Å². The third-order valence-corrected chi connectivity index (χ3v) is 5.54. The molecule has 0 fully saturated rings. The van der Waals surface area contributed by atoms with E-state index < -0.39 is 5.91 Å². The van der Waals surface area contributed by atoms with Gasteiger partial charge in [0, 0.05) is 5.56 Å². The highest BCUT2D eigenvalue weighted by molar-refractivity contribution is 6.32. The largest absolute Gasteiger partial charge is 0.506 e. The topological polar surface area (TPSA) is 70.9 Å². The first-order valence-electron chi connectivity index (χ1n) is 10.1. The molecule has 0 saturated carbocycles. The molecule has 0 aliphatic carbocycles. The molecule has 7 heteroatoms. The van der Waals surface area contributed by atoms with Gasteiger partial charge in [-0.25, -0.2) is 5.43 Å². The third kappa shape index (κ3) is 6.02. The van der Waals surface area contributed by atoms with Crippen molar-refractivity contribution in [2.75, 3.05) is 0 Å². The van der Waals surface area contributed by atoms with Crippen molar-refractivity contribution in [3.63, 3.8) is 0 Å². The van der Waals surface area contributed by atoms with E-state index >= 15 is 0 Å². The van der Waals surface area contributed by atoms with Gasteiger partial charge in [-0.05, 0) is 65.4 Å². The minimum atomic E-state index is -0.449. The van der Waals surface area contributed by atoms with E-state index in [-0.39, 0.29) is 16.3 Å². The quantitative estimate of drug-likeness (QED) is 0.306. The fourth-order valence-electron chi connectivity index (χ4n) is 2.95. The maximum atomic E-state index is 12.2. The van der Waals surface area contributed by atoms with Crippen molar-refractivity contribution < 1.29 is 14.6 Å². The first-order chi connectivity index (χ1) is 15.2. The maximum absolute atomic E-state index is 12.2. The van der Waals surface area contributed by atoms with Crippen molar-refractivity contribution in [3.8, 4) is 11.5 Å². The Morgan fingerprint density at radius 3 is 2.47 bits per heavy atom. The molecule has 3 aromatic carbocycles. The van der Waals surface area contributed by atoms with Gasteiger partial charge in [-0.2, -0.15) is 5.10 Å². The number of nitrogens with one attached hydrogen (secondary N) is 1. The van der Waals surface area contributed by atoms with Crippen molar-refractivity contribution in [2.24, 2.45) is 5.10 Å². The minimum Gasteiger partial charge on any atom is -0.506 e. The molecule has 0 radical (unpaired) electrons. The van der Waals surface area contributed by atoms with E-state index in [1.807, 2.05) is 13.0 Å². The number of aryl methyl sites for hydroxylation is 1. The molecule has 5 nitrogen and oxygen atoms in total. The van der Waals surface area contributed by atoms with Crippen LogP contribution in [0, 0.1) is 6.92 Å². The molecule has 0 aliphatic heterocycles. The van der Waals surface area contributed by atoms with Crippen LogP contribution in [0.1, 0.15) is 52.4 Å². The summed E-state index contributed by atoms with van der Waals surface area (Å²) in [5.74, 6) is 0.527. The lowest BCUT2D eigenvalue weighted by atomic mass is 10.0. The summed E-state index contributed by atoms with van der Waals surface area (Å²) in [5.41, 5.74) is 6.69. The average molecular weight is 471 g/mol. The fraction of sp³-hybridized carbons (Fsp3) is 0.200. The Bertz CT molecular complexity index is 1140. The molecule has 0 saturated heterocycles. The highest BCUT2D eigenvalue weighted by Gasteiger charge is 2.09. The number of hydrazone groups is 1.